The fraction of sp³-hybridized carbons (Fsp3) is 0.0588. The van der Waals surface area contributed by atoms with E-state index < -0.39 is 16.1 Å². The van der Waals surface area contributed by atoms with E-state index in [1.54, 1.807) is 18.2 Å². The van der Waals surface area contributed by atoms with Crippen LogP contribution in [0.1, 0.15) is 11.1 Å². The molecular formula is C17H10Br2N2O5S. The number of phenolic OH excluding ortho intramolecular Hbond substituents is 1. The van der Waals surface area contributed by atoms with Gasteiger partial charge in [-0.15, -0.1) is 0 Å². The number of amides is 2. The summed E-state index contributed by atoms with van der Waals surface area (Å²) >= 11 is 7.26. The lowest BCUT2D eigenvalue weighted by Gasteiger charge is -2.12. The third-order valence-electron chi connectivity index (χ3n) is 3.70. The molecule has 1 fully saturated rings. The van der Waals surface area contributed by atoms with Crippen molar-refractivity contribution in [1.29, 1.82) is 0 Å². The highest BCUT2D eigenvalue weighted by molar-refractivity contribution is 9.11. The van der Waals surface area contributed by atoms with Gasteiger partial charge < -0.3 is 5.11 Å². The zero-order valence-corrected chi connectivity index (χ0v) is 17.4. The van der Waals surface area contributed by atoms with Crippen LogP contribution >= 0.6 is 43.6 Å². The summed E-state index contributed by atoms with van der Waals surface area (Å²) in [6.07, 6.45) is 1.57. The second-order valence-corrected chi connectivity index (χ2v) is 8.23. The minimum atomic E-state index is -0.513. The molecule has 0 atom stereocenters. The van der Waals surface area contributed by atoms with Gasteiger partial charge in [-0.1, -0.05) is 12.1 Å². The van der Waals surface area contributed by atoms with E-state index in [9.17, 15) is 24.8 Å². The van der Waals surface area contributed by atoms with Gasteiger partial charge in [-0.3, -0.25) is 24.6 Å². The molecule has 1 heterocycles. The molecule has 0 unspecified atom stereocenters. The van der Waals surface area contributed by atoms with Gasteiger partial charge in [-0.05, 0) is 73.0 Å². The van der Waals surface area contributed by atoms with E-state index >= 15 is 0 Å². The number of hydrogen-bond acceptors (Lipinski definition) is 6. The van der Waals surface area contributed by atoms with Crippen LogP contribution in [0.2, 0.25) is 0 Å². The zero-order chi connectivity index (χ0) is 19.7. The average Bonchev–Trinajstić information content (AvgIpc) is 2.87. The molecule has 7 nitrogen and oxygen atoms in total. The maximum atomic E-state index is 12.6. The molecule has 27 heavy (non-hydrogen) atoms. The summed E-state index contributed by atoms with van der Waals surface area (Å²) < 4.78 is 0.904. The molecule has 2 amide bonds. The van der Waals surface area contributed by atoms with Gasteiger partial charge in [0, 0.05) is 12.1 Å². The first kappa shape index (κ1) is 19.6. The highest BCUT2D eigenvalue weighted by Gasteiger charge is 2.35. The number of benzene rings is 2. The standard InChI is InChI=1S/C17H10Br2N2O5S/c18-12-5-10(6-13(19)15(12)22)7-14-16(23)20(17(24)27-14)8-9-1-3-11(4-2-9)21(25)26/h1-7,22H,8H2/b14-7-. The number of carbonyl (C=O) groups is 2. The van der Waals surface area contributed by atoms with Gasteiger partial charge in [0.05, 0.1) is 25.3 Å². The Bertz CT molecular complexity index is 968. The maximum Gasteiger partial charge on any atom is 0.293 e. The molecule has 0 saturated carbocycles. The second kappa shape index (κ2) is 7.83. The summed E-state index contributed by atoms with van der Waals surface area (Å²) in [7, 11) is 0. The van der Waals surface area contributed by atoms with Crippen molar-refractivity contribution < 1.29 is 19.6 Å². The number of carbonyl (C=O) groups excluding carboxylic acids is 2. The minimum Gasteiger partial charge on any atom is -0.506 e. The molecule has 1 saturated heterocycles. The Hall–Kier alpha value is -2.17. The zero-order valence-electron chi connectivity index (χ0n) is 13.4. The third kappa shape index (κ3) is 4.23. The number of thioether (sulfide) groups is 1. The number of non-ortho nitro benzene ring substituents is 1. The van der Waals surface area contributed by atoms with Crippen molar-refractivity contribution in [2.75, 3.05) is 0 Å². The number of rotatable bonds is 4. The Labute approximate surface area is 174 Å². The highest BCUT2D eigenvalue weighted by Crippen LogP contribution is 2.37. The summed E-state index contributed by atoms with van der Waals surface area (Å²) in [5.41, 5.74) is 1.18. The molecule has 0 aliphatic carbocycles. The van der Waals surface area contributed by atoms with E-state index in [1.165, 1.54) is 24.3 Å². The van der Waals surface area contributed by atoms with Gasteiger partial charge in [0.2, 0.25) is 0 Å². The predicted octanol–water partition coefficient (Wildman–Crippen LogP) is 5.06. The van der Waals surface area contributed by atoms with Crippen molar-refractivity contribution in [3.05, 3.63) is 71.5 Å². The largest absolute Gasteiger partial charge is 0.506 e. The third-order valence-corrected chi connectivity index (χ3v) is 5.81. The van der Waals surface area contributed by atoms with E-state index in [2.05, 4.69) is 31.9 Å². The fourth-order valence-corrected chi connectivity index (χ4v) is 4.42. The van der Waals surface area contributed by atoms with Crippen molar-refractivity contribution in [3.63, 3.8) is 0 Å². The summed E-state index contributed by atoms with van der Waals surface area (Å²) in [6.45, 7) is 0.0307. The summed E-state index contributed by atoms with van der Waals surface area (Å²) in [5, 5.41) is 20.0. The van der Waals surface area contributed by atoms with E-state index in [-0.39, 0.29) is 22.9 Å². The first-order valence-electron chi connectivity index (χ1n) is 7.43. The van der Waals surface area contributed by atoms with Crippen LogP contribution in [0.15, 0.2) is 50.2 Å². The van der Waals surface area contributed by atoms with Crippen LogP contribution in [-0.4, -0.2) is 26.1 Å². The molecule has 1 N–H and O–H groups in total. The van der Waals surface area contributed by atoms with Gasteiger partial charge in [0.1, 0.15) is 5.75 Å². The SMILES string of the molecule is O=C1S/C(=C\c2cc(Br)c(O)c(Br)c2)C(=O)N1Cc1ccc([N+](=O)[O-])cc1. The lowest BCUT2D eigenvalue weighted by atomic mass is 10.2. The van der Waals surface area contributed by atoms with E-state index in [0.717, 1.165) is 16.7 Å². The van der Waals surface area contributed by atoms with Crippen molar-refractivity contribution in [3.8, 4) is 5.75 Å². The number of phenols is 1. The highest BCUT2D eigenvalue weighted by atomic mass is 79.9. The van der Waals surface area contributed by atoms with Gasteiger partial charge >= 0.3 is 0 Å². The van der Waals surface area contributed by atoms with Crippen LogP contribution in [-0.2, 0) is 11.3 Å². The van der Waals surface area contributed by atoms with E-state index in [4.69, 9.17) is 0 Å². The Morgan fingerprint density at radius 2 is 1.74 bits per heavy atom. The quantitative estimate of drug-likeness (QED) is 0.348. The molecule has 0 bridgehead atoms. The second-order valence-electron chi connectivity index (χ2n) is 5.52. The monoisotopic (exact) mass is 512 g/mol. The molecule has 0 spiro atoms. The molecule has 3 rings (SSSR count). The molecular weight excluding hydrogens is 504 g/mol. The minimum absolute atomic E-state index is 0.0307. The summed E-state index contributed by atoms with van der Waals surface area (Å²) in [5.74, 6) is -0.401. The topological polar surface area (TPSA) is 101 Å². The predicted molar refractivity (Wildman–Crippen MR) is 108 cm³/mol. The van der Waals surface area contributed by atoms with Crippen LogP contribution in [0.3, 0.4) is 0 Å². The number of nitro groups is 1. The van der Waals surface area contributed by atoms with Crippen LogP contribution < -0.4 is 0 Å². The van der Waals surface area contributed by atoms with Crippen molar-refractivity contribution in [2.24, 2.45) is 0 Å². The van der Waals surface area contributed by atoms with Crippen molar-refractivity contribution in [1.82, 2.24) is 4.90 Å². The molecule has 1 aliphatic rings. The van der Waals surface area contributed by atoms with Crippen LogP contribution in [0.25, 0.3) is 6.08 Å². The van der Waals surface area contributed by atoms with E-state index in [1.807, 2.05) is 0 Å². The summed E-state index contributed by atoms with van der Waals surface area (Å²) in [4.78, 5) is 36.3. The molecule has 1 aliphatic heterocycles. The number of nitro benzene ring substituents is 1. The Morgan fingerprint density at radius 1 is 1.15 bits per heavy atom. The number of aromatic hydroxyl groups is 1. The number of hydrogen-bond donors (Lipinski definition) is 1. The molecule has 10 heteroatoms. The van der Waals surface area contributed by atoms with Gasteiger partial charge in [0.25, 0.3) is 16.8 Å². The maximum absolute atomic E-state index is 12.6. The Kier molecular flexibility index (Phi) is 5.68. The Morgan fingerprint density at radius 3 is 2.30 bits per heavy atom. The number of halogens is 2. The van der Waals surface area contributed by atoms with Gasteiger partial charge in [-0.25, -0.2) is 0 Å². The van der Waals surface area contributed by atoms with Crippen molar-refractivity contribution in [2.45, 2.75) is 6.54 Å². The number of nitrogens with zero attached hydrogens (tertiary/aromatic N) is 2. The Balaban J connectivity index is 1.81. The fourth-order valence-electron chi connectivity index (χ4n) is 2.36. The molecule has 138 valence electrons. The van der Waals surface area contributed by atoms with E-state index in [0.29, 0.717) is 20.1 Å². The van der Waals surface area contributed by atoms with Gasteiger partial charge in [-0.2, -0.15) is 0 Å². The molecule has 0 radical (unpaired) electrons. The smallest absolute Gasteiger partial charge is 0.293 e. The van der Waals surface area contributed by atoms with Crippen LogP contribution in [0.4, 0.5) is 10.5 Å². The molecule has 2 aromatic rings. The normalized spacial score (nSPS) is 15.6. The molecule has 2 aromatic carbocycles. The summed E-state index contributed by atoms with van der Waals surface area (Å²) in [6, 6.07) is 8.94. The van der Waals surface area contributed by atoms with Crippen LogP contribution in [0.5, 0.6) is 5.75 Å². The lowest BCUT2D eigenvalue weighted by molar-refractivity contribution is -0.384. The van der Waals surface area contributed by atoms with Gasteiger partial charge in [0.15, 0.2) is 0 Å². The average molecular weight is 514 g/mol. The first-order chi connectivity index (χ1) is 12.8. The van der Waals surface area contributed by atoms with Crippen molar-refractivity contribution >= 4 is 66.5 Å². The van der Waals surface area contributed by atoms with Crippen LogP contribution in [0, 0.1) is 10.1 Å². The lowest BCUT2D eigenvalue weighted by Crippen LogP contribution is -2.27. The number of imide groups is 1. The molecule has 0 aromatic heterocycles. The first-order valence-corrected chi connectivity index (χ1v) is 9.83.